The average Bonchev–Trinajstić information content (AvgIpc) is 2.53. The number of likely N-dealkylation sites (tertiary alicyclic amines) is 1. The number of rotatable bonds is 3. The van der Waals surface area contributed by atoms with Crippen LogP contribution in [0.25, 0.3) is 0 Å². The number of piperidine rings is 1. The molecule has 2 rings (SSSR count). The summed E-state index contributed by atoms with van der Waals surface area (Å²) in [5, 5.41) is 0. The molecular weight excluding hydrogens is 214 g/mol. The van der Waals surface area contributed by atoms with Crippen LogP contribution in [0.5, 0.6) is 0 Å². The Balaban J connectivity index is 1.66. The first-order chi connectivity index (χ1) is 8.24. The highest BCUT2D eigenvalue weighted by Gasteiger charge is 2.18. The summed E-state index contributed by atoms with van der Waals surface area (Å²) in [6.45, 7) is 10.1. The van der Waals surface area contributed by atoms with Gasteiger partial charge < -0.3 is 15.4 Å². The maximum Gasteiger partial charge on any atom is 0.0673 e. The molecule has 0 aliphatic carbocycles. The van der Waals surface area contributed by atoms with E-state index < -0.39 is 0 Å². The maximum absolute atomic E-state index is 5.92. The quantitative estimate of drug-likeness (QED) is 0.782. The Hall–Kier alpha value is -0.160. The van der Waals surface area contributed by atoms with E-state index in [1.165, 1.54) is 52.0 Å². The highest BCUT2D eigenvalue weighted by molar-refractivity contribution is 4.75. The lowest BCUT2D eigenvalue weighted by Gasteiger charge is -2.32. The van der Waals surface area contributed by atoms with E-state index in [1.807, 2.05) is 0 Å². The van der Waals surface area contributed by atoms with E-state index in [0.29, 0.717) is 12.1 Å². The van der Waals surface area contributed by atoms with Crippen LogP contribution in [0, 0.1) is 0 Å². The summed E-state index contributed by atoms with van der Waals surface area (Å²) in [7, 11) is 0. The summed E-state index contributed by atoms with van der Waals surface area (Å²) in [6, 6.07) is 0.442. The maximum atomic E-state index is 5.92. The third-order valence-electron chi connectivity index (χ3n) is 3.90. The third-order valence-corrected chi connectivity index (χ3v) is 3.90. The van der Waals surface area contributed by atoms with Gasteiger partial charge in [0, 0.05) is 38.8 Å². The Kier molecular flexibility index (Phi) is 5.22. The van der Waals surface area contributed by atoms with Crippen molar-refractivity contribution in [1.82, 2.24) is 9.80 Å². The van der Waals surface area contributed by atoms with Gasteiger partial charge in [-0.15, -0.1) is 0 Å². The molecule has 4 nitrogen and oxygen atoms in total. The first-order valence-corrected chi connectivity index (χ1v) is 7.06. The number of ether oxygens (including phenoxy) is 1. The molecule has 2 N–H and O–H groups in total. The average molecular weight is 241 g/mol. The summed E-state index contributed by atoms with van der Waals surface area (Å²) in [6.07, 6.45) is 3.90. The molecule has 100 valence electrons. The van der Waals surface area contributed by atoms with Gasteiger partial charge in [0.05, 0.1) is 6.10 Å². The van der Waals surface area contributed by atoms with Crippen LogP contribution < -0.4 is 5.73 Å². The van der Waals surface area contributed by atoms with Gasteiger partial charge in [-0.2, -0.15) is 0 Å². The molecule has 2 aliphatic heterocycles. The van der Waals surface area contributed by atoms with E-state index in [4.69, 9.17) is 10.5 Å². The lowest BCUT2D eigenvalue weighted by atomic mass is 10.1. The molecule has 2 fully saturated rings. The van der Waals surface area contributed by atoms with Crippen LogP contribution >= 0.6 is 0 Å². The predicted octanol–water partition coefficient (Wildman–Crippen LogP) is 0.520. The van der Waals surface area contributed by atoms with Gasteiger partial charge in [0.25, 0.3) is 0 Å². The summed E-state index contributed by atoms with van der Waals surface area (Å²) in [5.74, 6) is 0. The zero-order chi connectivity index (χ0) is 12.1. The molecule has 2 heterocycles. The number of nitrogens with two attached hydrogens (primary N) is 1. The van der Waals surface area contributed by atoms with E-state index in [0.717, 1.165) is 13.2 Å². The fourth-order valence-corrected chi connectivity index (χ4v) is 2.74. The van der Waals surface area contributed by atoms with Crippen LogP contribution in [0.1, 0.15) is 26.2 Å². The Morgan fingerprint density at radius 1 is 1.12 bits per heavy atom. The first kappa shape index (κ1) is 13.3. The highest BCUT2D eigenvalue weighted by atomic mass is 16.5. The fourth-order valence-electron chi connectivity index (χ4n) is 2.74. The van der Waals surface area contributed by atoms with E-state index >= 15 is 0 Å². The van der Waals surface area contributed by atoms with Crippen molar-refractivity contribution in [3.05, 3.63) is 0 Å². The van der Waals surface area contributed by atoms with Crippen molar-refractivity contribution in [2.45, 2.75) is 38.3 Å². The normalized spacial score (nSPS) is 30.4. The van der Waals surface area contributed by atoms with Gasteiger partial charge in [0.15, 0.2) is 0 Å². The number of nitrogens with zero attached hydrogens (tertiary/aromatic N) is 2. The van der Waals surface area contributed by atoms with Crippen molar-refractivity contribution in [2.24, 2.45) is 5.73 Å². The van der Waals surface area contributed by atoms with Crippen LogP contribution in [0.2, 0.25) is 0 Å². The van der Waals surface area contributed by atoms with Crippen molar-refractivity contribution < 1.29 is 4.74 Å². The molecule has 4 heteroatoms. The Morgan fingerprint density at radius 2 is 1.82 bits per heavy atom. The van der Waals surface area contributed by atoms with Gasteiger partial charge in [-0.3, -0.25) is 4.90 Å². The second-order valence-electron chi connectivity index (χ2n) is 5.51. The molecule has 0 aromatic heterocycles. The zero-order valence-electron chi connectivity index (χ0n) is 11.1. The van der Waals surface area contributed by atoms with Gasteiger partial charge >= 0.3 is 0 Å². The van der Waals surface area contributed by atoms with Crippen molar-refractivity contribution in [1.29, 1.82) is 0 Å². The molecule has 0 spiro atoms. The molecule has 2 aliphatic rings. The second-order valence-corrected chi connectivity index (χ2v) is 5.51. The molecule has 17 heavy (non-hydrogen) atoms. The van der Waals surface area contributed by atoms with Crippen molar-refractivity contribution in [2.75, 3.05) is 45.9 Å². The Labute approximate surface area is 105 Å². The lowest BCUT2D eigenvalue weighted by molar-refractivity contribution is 0.0656. The van der Waals surface area contributed by atoms with Crippen LogP contribution in [0.3, 0.4) is 0 Å². The van der Waals surface area contributed by atoms with E-state index in [-0.39, 0.29) is 0 Å². The second kappa shape index (κ2) is 6.69. The Bertz CT molecular complexity index is 217. The molecule has 0 aromatic rings. The topological polar surface area (TPSA) is 41.7 Å². The molecule has 2 saturated heterocycles. The SMILES string of the molecule is CC1CN(CCN2CCC(N)CC2)CCCO1. The summed E-state index contributed by atoms with van der Waals surface area (Å²) < 4.78 is 5.67. The van der Waals surface area contributed by atoms with Crippen molar-refractivity contribution in [3.8, 4) is 0 Å². The first-order valence-electron chi connectivity index (χ1n) is 7.06. The summed E-state index contributed by atoms with van der Waals surface area (Å²) in [4.78, 5) is 5.10. The molecule has 0 aromatic carbocycles. The van der Waals surface area contributed by atoms with Crippen LogP contribution in [0.15, 0.2) is 0 Å². The molecule has 0 saturated carbocycles. The van der Waals surface area contributed by atoms with Gasteiger partial charge in [-0.05, 0) is 39.3 Å². The van der Waals surface area contributed by atoms with E-state index in [1.54, 1.807) is 0 Å². The van der Waals surface area contributed by atoms with Gasteiger partial charge in [-0.1, -0.05) is 0 Å². The Morgan fingerprint density at radius 3 is 2.59 bits per heavy atom. The zero-order valence-corrected chi connectivity index (χ0v) is 11.1. The smallest absolute Gasteiger partial charge is 0.0673 e. The minimum atomic E-state index is 0.396. The minimum Gasteiger partial charge on any atom is -0.377 e. The predicted molar refractivity (Wildman–Crippen MR) is 70.1 cm³/mol. The minimum absolute atomic E-state index is 0.396. The number of hydrogen-bond donors (Lipinski definition) is 1. The fraction of sp³-hybridized carbons (Fsp3) is 1.00. The van der Waals surface area contributed by atoms with Crippen molar-refractivity contribution >= 4 is 0 Å². The van der Waals surface area contributed by atoms with Gasteiger partial charge in [-0.25, -0.2) is 0 Å². The molecule has 1 atom stereocenters. The van der Waals surface area contributed by atoms with E-state index in [9.17, 15) is 0 Å². The molecular formula is C13H27N3O. The van der Waals surface area contributed by atoms with Crippen LogP contribution in [-0.4, -0.2) is 67.8 Å². The van der Waals surface area contributed by atoms with E-state index in [2.05, 4.69) is 16.7 Å². The molecule has 0 radical (unpaired) electrons. The van der Waals surface area contributed by atoms with Crippen molar-refractivity contribution in [3.63, 3.8) is 0 Å². The highest BCUT2D eigenvalue weighted by Crippen LogP contribution is 2.09. The summed E-state index contributed by atoms with van der Waals surface area (Å²) >= 11 is 0. The largest absolute Gasteiger partial charge is 0.377 e. The number of hydrogen-bond acceptors (Lipinski definition) is 4. The standard InChI is InChI=1S/C13H27N3O/c1-12-11-16(5-2-10-17-12)9-8-15-6-3-13(14)4-7-15/h12-13H,2-11,14H2,1H3. The molecule has 0 amide bonds. The van der Waals surface area contributed by atoms with Gasteiger partial charge in [0.2, 0.25) is 0 Å². The van der Waals surface area contributed by atoms with Crippen LogP contribution in [0.4, 0.5) is 0 Å². The third kappa shape index (κ3) is 4.54. The lowest BCUT2D eigenvalue weighted by Crippen LogP contribution is -2.44. The summed E-state index contributed by atoms with van der Waals surface area (Å²) in [5.41, 5.74) is 5.92. The van der Waals surface area contributed by atoms with Crippen LogP contribution in [-0.2, 0) is 4.74 Å². The monoisotopic (exact) mass is 241 g/mol. The molecule has 1 unspecified atom stereocenters. The van der Waals surface area contributed by atoms with Gasteiger partial charge in [0.1, 0.15) is 0 Å². The molecule has 0 bridgehead atoms.